The van der Waals surface area contributed by atoms with Crippen LogP contribution < -0.4 is 5.73 Å². The van der Waals surface area contributed by atoms with Gasteiger partial charge in [0.15, 0.2) is 5.82 Å². The van der Waals surface area contributed by atoms with Crippen molar-refractivity contribution in [2.24, 2.45) is 5.73 Å². The molecule has 0 saturated carbocycles. The fraction of sp³-hybridized carbons (Fsp3) is 0.538. The van der Waals surface area contributed by atoms with Gasteiger partial charge in [-0.1, -0.05) is 19.0 Å². The Morgan fingerprint density at radius 1 is 1.37 bits per heavy atom. The molecule has 0 aromatic carbocycles. The van der Waals surface area contributed by atoms with Gasteiger partial charge < -0.3 is 19.6 Å². The Balaban J connectivity index is 2.08. The highest BCUT2D eigenvalue weighted by molar-refractivity contribution is 5.51. The summed E-state index contributed by atoms with van der Waals surface area (Å²) in [6.45, 7) is 8.70. The molecule has 0 aliphatic rings. The summed E-state index contributed by atoms with van der Waals surface area (Å²) < 4.78 is 10.4. The van der Waals surface area contributed by atoms with Crippen molar-refractivity contribution < 1.29 is 8.94 Å². The monoisotopic (exact) mass is 264 g/mol. The molecule has 2 aromatic heterocycles. The van der Waals surface area contributed by atoms with E-state index in [4.69, 9.17) is 14.7 Å². The number of rotatable bonds is 6. The van der Waals surface area contributed by atoms with Crippen LogP contribution in [0.3, 0.4) is 0 Å². The van der Waals surface area contributed by atoms with E-state index >= 15 is 0 Å². The zero-order valence-corrected chi connectivity index (χ0v) is 11.6. The minimum atomic E-state index is -0.245. The van der Waals surface area contributed by atoms with Crippen LogP contribution in [0.5, 0.6) is 0 Å². The zero-order chi connectivity index (χ0) is 13.8. The van der Waals surface area contributed by atoms with Crippen LogP contribution in [0.1, 0.15) is 31.5 Å². The van der Waals surface area contributed by atoms with Crippen molar-refractivity contribution in [3.05, 3.63) is 23.9 Å². The first-order valence-corrected chi connectivity index (χ1v) is 6.51. The van der Waals surface area contributed by atoms with Crippen molar-refractivity contribution >= 4 is 0 Å². The van der Waals surface area contributed by atoms with Crippen molar-refractivity contribution in [2.45, 2.75) is 26.8 Å². The van der Waals surface area contributed by atoms with Gasteiger partial charge in [0, 0.05) is 6.54 Å². The minimum Gasteiger partial charge on any atom is -0.469 e. The minimum absolute atomic E-state index is 0.245. The molecule has 1 atom stereocenters. The molecule has 19 heavy (non-hydrogen) atoms. The summed E-state index contributed by atoms with van der Waals surface area (Å²) >= 11 is 0. The summed E-state index contributed by atoms with van der Waals surface area (Å²) in [5, 5.41) is 3.94. The number of aromatic nitrogens is 2. The Morgan fingerprint density at radius 3 is 2.68 bits per heavy atom. The average Bonchev–Trinajstić information content (AvgIpc) is 3.04. The quantitative estimate of drug-likeness (QED) is 0.859. The smallest absolute Gasteiger partial charge is 0.261 e. The maximum Gasteiger partial charge on any atom is 0.261 e. The van der Waals surface area contributed by atoms with Gasteiger partial charge >= 0.3 is 0 Å². The van der Waals surface area contributed by atoms with Crippen molar-refractivity contribution in [3.8, 4) is 11.5 Å². The fourth-order valence-electron chi connectivity index (χ4n) is 1.90. The lowest BCUT2D eigenvalue weighted by Crippen LogP contribution is -2.32. The molecule has 0 fully saturated rings. The first-order valence-electron chi connectivity index (χ1n) is 6.51. The molecule has 2 heterocycles. The highest BCUT2D eigenvalue weighted by atomic mass is 16.5. The molecular weight excluding hydrogens is 244 g/mol. The summed E-state index contributed by atoms with van der Waals surface area (Å²) in [6, 6.07) is 1.61. The van der Waals surface area contributed by atoms with Gasteiger partial charge in [0.2, 0.25) is 0 Å². The number of aryl methyl sites for hydroxylation is 1. The van der Waals surface area contributed by atoms with Gasteiger partial charge in [-0.15, -0.1) is 0 Å². The van der Waals surface area contributed by atoms with Crippen LogP contribution in [0.2, 0.25) is 0 Å². The molecule has 6 heteroatoms. The zero-order valence-electron chi connectivity index (χ0n) is 11.6. The topological polar surface area (TPSA) is 81.3 Å². The summed E-state index contributed by atoms with van der Waals surface area (Å²) in [5.41, 5.74) is 6.88. The molecule has 2 rings (SSSR count). The van der Waals surface area contributed by atoms with Crippen molar-refractivity contribution in [1.82, 2.24) is 15.0 Å². The van der Waals surface area contributed by atoms with Gasteiger partial charge in [-0.25, -0.2) is 0 Å². The Hall–Kier alpha value is -1.66. The Bertz CT molecular complexity index is 516. The van der Waals surface area contributed by atoms with Gasteiger partial charge in [-0.2, -0.15) is 4.98 Å². The largest absolute Gasteiger partial charge is 0.469 e. The number of likely N-dealkylation sites (N-methyl/N-ethyl adjacent to an activating group) is 1. The van der Waals surface area contributed by atoms with Crippen LogP contribution >= 0.6 is 0 Å². The van der Waals surface area contributed by atoms with E-state index in [1.807, 2.05) is 13.0 Å². The fourth-order valence-corrected chi connectivity index (χ4v) is 1.90. The van der Waals surface area contributed by atoms with Crippen molar-refractivity contribution in [2.75, 3.05) is 19.6 Å². The second-order valence-electron chi connectivity index (χ2n) is 4.50. The molecule has 0 amide bonds. The molecule has 104 valence electrons. The van der Waals surface area contributed by atoms with E-state index in [0.717, 1.165) is 31.0 Å². The van der Waals surface area contributed by atoms with Crippen LogP contribution in [0.4, 0.5) is 0 Å². The van der Waals surface area contributed by atoms with E-state index in [2.05, 4.69) is 28.9 Å². The van der Waals surface area contributed by atoms with Crippen LogP contribution in [0.25, 0.3) is 11.5 Å². The number of nitrogens with two attached hydrogens (primary N) is 1. The summed E-state index contributed by atoms with van der Waals surface area (Å²) in [4.78, 5) is 6.55. The lowest BCUT2D eigenvalue weighted by molar-refractivity contribution is 0.278. The Morgan fingerprint density at radius 2 is 2.11 bits per heavy atom. The molecule has 1 unspecified atom stereocenters. The van der Waals surface area contributed by atoms with Crippen LogP contribution in [0.15, 0.2) is 21.3 Å². The van der Waals surface area contributed by atoms with Gasteiger partial charge in [0.1, 0.15) is 12.0 Å². The number of nitrogens with zero attached hydrogens (tertiary/aromatic N) is 3. The Kier molecular flexibility index (Phi) is 4.34. The van der Waals surface area contributed by atoms with Gasteiger partial charge in [0.25, 0.3) is 5.89 Å². The summed E-state index contributed by atoms with van der Waals surface area (Å²) in [5.74, 6) is 1.78. The molecule has 0 aliphatic carbocycles. The number of hydrogen-bond acceptors (Lipinski definition) is 6. The predicted octanol–water partition coefficient (Wildman–Crippen LogP) is 1.98. The molecule has 2 N–H and O–H groups in total. The van der Waals surface area contributed by atoms with E-state index < -0.39 is 0 Å². The third kappa shape index (κ3) is 3.21. The van der Waals surface area contributed by atoms with E-state index in [1.54, 1.807) is 6.26 Å². The second-order valence-corrected chi connectivity index (χ2v) is 4.50. The molecule has 0 aliphatic heterocycles. The van der Waals surface area contributed by atoms with Crippen LogP contribution in [-0.4, -0.2) is 34.7 Å². The second kappa shape index (κ2) is 5.99. The Labute approximate surface area is 112 Å². The lowest BCUT2D eigenvalue weighted by atomic mass is 10.2. The molecule has 0 radical (unpaired) electrons. The third-order valence-corrected chi connectivity index (χ3v) is 3.10. The maximum absolute atomic E-state index is 6.09. The number of furan rings is 1. The SMILES string of the molecule is CCN(CC)CC(N)c1noc(-c2coc(C)c2)n1. The van der Waals surface area contributed by atoms with E-state index in [-0.39, 0.29) is 6.04 Å². The van der Waals surface area contributed by atoms with Crippen molar-refractivity contribution in [3.63, 3.8) is 0 Å². The molecule has 0 bridgehead atoms. The van der Waals surface area contributed by atoms with Crippen molar-refractivity contribution in [1.29, 1.82) is 0 Å². The first-order chi connectivity index (χ1) is 9.13. The number of hydrogen-bond donors (Lipinski definition) is 1. The summed E-state index contributed by atoms with van der Waals surface area (Å²) in [6.07, 6.45) is 1.60. The average molecular weight is 264 g/mol. The lowest BCUT2D eigenvalue weighted by Gasteiger charge is -2.20. The molecule has 2 aromatic rings. The van der Waals surface area contributed by atoms with E-state index in [1.165, 1.54) is 0 Å². The highest BCUT2D eigenvalue weighted by Crippen LogP contribution is 2.21. The molecule has 0 saturated heterocycles. The van der Waals surface area contributed by atoms with E-state index in [0.29, 0.717) is 11.7 Å². The first kappa shape index (κ1) is 13.8. The van der Waals surface area contributed by atoms with Gasteiger partial charge in [0.05, 0.1) is 11.6 Å². The van der Waals surface area contributed by atoms with Gasteiger partial charge in [-0.3, -0.25) is 0 Å². The standard InChI is InChI=1S/C13H20N4O2/c1-4-17(5-2)7-11(14)12-15-13(19-16-12)10-6-9(3)18-8-10/h6,8,11H,4-5,7,14H2,1-3H3. The van der Waals surface area contributed by atoms with Crippen LogP contribution in [-0.2, 0) is 0 Å². The van der Waals surface area contributed by atoms with Crippen LogP contribution in [0, 0.1) is 6.92 Å². The molecule has 6 nitrogen and oxygen atoms in total. The highest BCUT2D eigenvalue weighted by Gasteiger charge is 2.18. The summed E-state index contributed by atoms with van der Waals surface area (Å²) in [7, 11) is 0. The normalized spacial score (nSPS) is 13.1. The molecular formula is C13H20N4O2. The molecule has 0 spiro atoms. The van der Waals surface area contributed by atoms with E-state index in [9.17, 15) is 0 Å². The third-order valence-electron chi connectivity index (χ3n) is 3.10. The predicted molar refractivity (Wildman–Crippen MR) is 71.5 cm³/mol. The maximum atomic E-state index is 6.09. The van der Waals surface area contributed by atoms with Gasteiger partial charge in [-0.05, 0) is 26.1 Å².